The second-order valence-electron chi connectivity index (χ2n) is 6.11. The summed E-state index contributed by atoms with van der Waals surface area (Å²) in [5.74, 6) is 0.876. The highest BCUT2D eigenvalue weighted by atomic mass is 19.1. The van der Waals surface area contributed by atoms with Gasteiger partial charge in [-0.1, -0.05) is 24.3 Å². The zero-order chi connectivity index (χ0) is 19.1. The minimum atomic E-state index is -0.484. The number of nitrogens with zero attached hydrogens (tertiary/aromatic N) is 1. The molecule has 2 rings (SSSR count). The molecule has 0 saturated heterocycles. The van der Waals surface area contributed by atoms with Crippen LogP contribution in [0.25, 0.3) is 0 Å². The van der Waals surface area contributed by atoms with Gasteiger partial charge in [-0.25, -0.2) is 4.39 Å². The number of carbonyl (C=O) groups is 1. The molecule has 0 spiro atoms. The summed E-state index contributed by atoms with van der Waals surface area (Å²) in [6.45, 7) is 0.452. The molecule has 6 heteroatoms. The molecule has 2 aromatic carbocycles. The van der Waals surface area contributed by atoms with Crippen LogP contribution >= 0.6 is 0 Å². The molecule has 0 radical (unpaired) electrons. The average molecular weight is 360 g/mol. The molecule has 26 heavy (non-hydrogen) atoms. The van der Waals surface area contributed by atoms with E-state index in [1.54, 1.807) is 31.3 Å². The molecule has 0 aliphatic carbocycles. The van der Waals surface area contributed by atoms with Crippen molar-refractivity contribution >= 4 is 5.91 Å². The Kier molecular flexibility index (Phi) is 6.97. The monoisotopic (exact) mass is 360 g/mol. The third kappa shape index (κ3) is 4.73. The molecule has 0 unspecified atom stereocenters. The van der Waals surface area contributed by atoms with Crippen molar-refractivity contribution in [3.63, 3.8) is 0 Å². The van der Waals surface area contributed by atoms with Gasteiger partial charge in [-0.3, -0.25) is 9.69 Å². The Labute approximate surface area is 153 Å². The van der Waals surface area contributed by atoms with Gasteiger partial charge in [-0.2, -0.15) is 0 Å². The minimum Gasteiger partial charge on any atom is -0.493 e. The first kappa shape index (κ1) is 19.7. The summed E-state index contributed by atoms with van der Waals surface area (Å²) in [4.78, 5) is 14.4. The summed E-state index contributed by atoms with van der Waals surface area (Å²) in [6, 6.07) is 11.2. The van der Waals surface area contributed by atoms with Crippen LogP contribution in [0.2, 0.25) is 0 Å². The van der Waals surface area contributed by atoms with E-state index in [-0.39, 0.29) is 11.7 Å². The van der Waals surface area contributed by atoms with Crippen molar-refractivity contribution in [1.82, 2.24) is 10.2 Å². The summed E-state index contributed by atoms with van der Waals surface area (Å²) in [5.41, 5.74) is 1.70. The summed E-state index contributed by atoms with van der Waals surface area (Å²) in [6.07, 6.45) is 0.607. The molecule has 0 aliphatic rings. The number of ether oxygens (including phenoxy) is 2. The zero-order valence-corrected chi connectivity index (χ0v) is 15.6. The van der Waals surface area contributed by atoms with Gasteiger partial charge in [0.05, 0.1) is 14.2 Å². The van der Waals surface area contributed by atoms with Crippen molar-refractivity contribution in [2.24, 2.45) is 0 Å². The smallest absolute Gasteiger partial charge is 0.241 e. The summed E-state index contributed by atoms with van der Waals surface area (Å²) < 4.78 is 23.8. The number of halogens is 1. The molecular weight excluding hydrogens is 335 g/mol. The molecule has 0 aliphatic heterocycles. The molecule has 0 saturated carbocycles. The number of para-hydroxylation sites is 1. The van der Waals surface area contributed by atoms with E-state index in [9.17, 15) is 9.18 Å². The fraction of sp³-hybridized carbons (Fsp3) is 0.350. The number of methoxy groups -OCH3 is 2. The van der Waals surface area contributed by atoms with Crippen molar-refractivity contribution < 1.29 is 18.7 Å². The SMILES string of the molecule is COc1cccc(CCNC(=O)[C@@H](c2ccc(F)cc2)N(C)C)c1OC. The van der Waals surface area contributed by atoms with E-state index >= 15 is 0 Å². The van der Waals surface area contributed by atoms with Crippen molar-refractivity contribution in [2.75, 3.05) is 34.9 Å². The third-order valence-corrected chi connectivity index (χ3v) is 4.13. The summed E-state index contributed by atoms with van der Waals surface area (Å²) in [7, 11) is 6.82. The predicted molar refractivity (Wildman–Crippen MR) is 99.1 cm³/mol. The standard InChI is InChI=1S/C20H25FN2O3/c1-23(2)18(14-8-10-16(21)11-9-14)20(24)22-13-12-15-6-5-7-17(25-3)19(15)26-4/h5-11,18H,12-13H2,1-4H3,(H,22,24)/t18-/m1/s1. The molecule has 5 nitrogen and oxygen atoms in total. The molecule has 2 aromatic rings. The number of hydrogen-bond acceptors (Lipinski definition) is 4. The van der Waals surface area contributed by atoms with Crippen molar-refractivity contribution in [3.05, 3.63) is 59.4 Å². The Balaban J connectivity index is 2.04. The lowest BCUT2D eigenvalue weighted by molar-refractivity contribution is -0.125. The van der Waals surface area contributed by atoms with Gasteiger partial charge in [-0.05, 0) is 49.8 Å². The number of amides is 1. The number of hydrogen-bond donors (Lipinski definition) is 1. The molecule has 0 aromatic heterocycles. The number of carbonyl (C=O) groups excluding carboxylic acids is 1. The highest BCUT2D eigenvalue weighted by molar-refractivity contribution is 5.83. The lowest BCUT2D eigenvalue weighted by Crippen LogP contribution is -2.38. The van der Waals surface area contributed by atoms with Gasteiger partial charge >= 0.3 is 0 Å². The van der Waals surface area contributed by atoms with Crippen LogP contribution in [0.1, 0.15) is 17.2 Å². The maximum atomic E-state index is 13.1. The molecule has 1 amide bonds. The van der Waals surface area contributed by atoms with Crippen molar-refractivity contribution in [2.45, 2.75) is 12.5 Å². The predicted octanol–water partition coefficient (Wildman–Crippen LogP) is 2.80. The Morgan fingerprint density at radius 2 is 1.81 bits per heavy atom. The number of benzene rings is 2. The fourth-order valence-corrected chi connectivity index (χ4v) is 2.90. The zero-order valence-electron chi connectivity index (χ0n) is 15.6. The first-order valence-electron chi connectivity index (χ1n) is 8.37. The van der Waals surface area contributed by atoms with E-state index in [0.29, 0.717) is 24.5 Å². The minimum absolute atomic E-state index is 0.136. The topological polar surface area (TPSA) is 50.8 Å². The Bertz CT molecular complexity index is 732. The van der Waals surface area contributed by atoms with Gasteiger partial charge in [0.1, 0.15) is 11.9 Å². The molecule has 1 atom stereocenters. The first-order chi connectivity index (χ1) is 12.5. The molecule has 140 valence electrons. The molecule has 0 fully saturated rings. The van der Waals surface area contributed by atoms with Crippen LogP contribution in [0.5, 0.6) is 11.5 Å². The maximum absolute atomic E-state index is 13.1. The number of rotatable bonds is 8. The maximum Gasteiger partial charge on any atom is 0.241 e. The van der Waals surface area contributed by atoms with E-state index in [4.69, 9.17) is 9.47 Å². The van der Waals surface area contributed by atoms with Crippen LogP contribution in [0.15, 0.2) is 42.5 Å². The lowest BCUT2D eigenvalue weighted by Gasteiger charge is -2.24. The summed E-state index contributed by atoms with van der Waals surface area (Å²) in [5, 5.41) is 2.94. The average Bonchev–Trinajstić information content (AvgIpc) is 2.63. The van der Waals surface area contributed by atoms with Crippen LogP contribution < -0.4 is 14.8 Å². The van der Waals surface area contributed by atoms with Crippen molar-refractivity contribution in [1.29, 1.82) is 0 Å². The third-order valence-electron chi connectivity index (χ3n) is 4.13. The van der Waals surface area contributed by atoms with Crippen molar-refractivity contribution in [3.8, 4) is 11.5 Å². The van der Waals surface area contributed by atoms with Gasteiger partial charge in [0.2, 0.25) is 5.91 Å². The van der Waals surface area contributed by atoms with Crippen LogP contribution in [-0.4, -0.2) is 45.7 Å². The van der Waals surface area contributed by atoms with Crippen LogP contribution in [0, 0.1) is 5.82 Å². The fourth-order valence-electron chi connectivity index (χ4n) is 2.90. The van der Waals surface area contributed by atoms with E-state index < -0.39 is 6.04 Å². The quantitative estimate of drug-likeness (QED) is 0.787. The molecule has 0 bridgehead atoms. The van der Waals surface area contributed by atoms with Crippen LogP contribution in [0.3, 0.4) is 0 Å². The highest BCUT2D eigenvalue weighted by Gasteiger charge is 2.22. The Morgan fingerprint density at radius 1 is 1.12 bits per heavy atom. The van der Waals surface area contributed by atoms with Crippen LogP contribution in [-0.2, 0) is 11.2 Å². The number of nitrogens with one attached hydrogen (secondary N) is 1. The Morgan fingerprint density at radius 3 is 2.38 bits per heavy atom. The van der Waals surface area contributed by atoms with Gasteiger partial charge in [0.25, 0.3) is 0 Å². The molecular formula is C20H25FN2O3. The second-order valence-corrected chi connectivity index (χ2v) is 6.11. The van der Waals surface area contributed by atoms with Gasteiger partial charge in [0.15, 0.2) is 11.5 Å². The van der Waals surface area contributed by atoms with E-state index in [1.807, 2.05) is 32.3 Å². The Hall–Kier alpha value is -2.60. The molecule has 1 N–H and O–H groups in total. The van der Waals surface area contributed by atoms with Gasteiger partial charge in [-0.15, -0.1) is 0 Å². The van der Waals surface area contributed by atoms with Gasteiger partial charge < -0.3 is 14.8 Å². The van der Waals surface area contributed by atoms with Gasteiger partial charge in [0, 0.05) is 6.54 Å². The second kappa shape index (κ2) is 9.20. The summed E-state index contributed by atoms with van der Waals surface area (Å²) >= 11 is 0. The normalized spacial score (nSPS) is 11.9. The van der Waals surface area contributed by atoms with Crippen LogP contribution in [0.4, 0.5) is 4.39 Å². The van der Waals surface area contributed by atoms with E-state index in [1.165, 1.54) is 12.1 Å². The highest BCUT2D eigenvalue weighted by Crippen LogP contribution is 2.30. The largest absolute Gasteiger partial charge is 0.493 e. The van der Waals surface area contributed by atoms with E-state index in [2.05, 4.69) is 5.32 Å². The lowest BCUT2D eigenvalue weighted by atomic mass is 10.0. The first-order valence-corrected chi connectivity index (χ1v) is 8.37. The molecule has 0 heterocycles. The number of likely N-dealkylation sites (N-methyl/N-ethyl adjacent to an activating group) is 1. The van der Waals surface area contributed by atoms with E-state index in [0.717, 1.165) is 11.1 Å².